The summed E-state index contributed by atoms with van der Waals surface area (Å²) >= 11 is 1.59. The third-order valence-corrected chi connectivity index (χ3v) is 7.57. The number of aromatic nitrogens is 1. The number of benzene rings is 1. The van der Waals surface area contributed by atoms with Gasteiger partial charge in [-0.2, -0.15) is 0 Å². The van der Waals surface area contributed by atoms with Gasteiger partial charge in [0, 0.05) is 18.5 Å². The van der Waals surface area contributed by atoms with E-state index in [0.29, 0.717) is 19.5 Å². The number of ether oxygens (including phenoxy) is 1. The molecule has 130 valence electrons. The van der Waals surface area contributed by atoms with Crippen LogP contribution >= 0.6 is 11.3 Å². The minimum atomic E-state index is -2.95. The molecular weight excluding hydrogens is 344 g/mol. The minimum absolute atomic E-state index is 0.234. The van der Waals surface area contributed by atoms with E-state index in [1.807, 2.05) is 36.6 Å². The Morgan fingerprint density at radius 3 is 2.92 bits per heavy atom. The second-order valence-electron chi connectivity index (χ2n) is 6.09. The Morgan fingerprint density at radius 2 is 2.12 bits per heavy atom. The molecule has 2 aromatic rings. The van der Waals surface area contributed by atoms with E-state index >= 15 is 0 Å². The number of para-hydroxylation sites is 1. The monoisotopic (exact) mass is 366 g/mol. The molecule has 0 radical (unpaired) electrons. The Hall–Kier alpha value is -1.44. The van der Waals surface area contributed by atoms with E-state index in [4.69, 9.17) is 9.72 Å². The van der Waals surface area contributed by atoms with Crippen LogP contribution in [0.5, 0.6) is 5.75 Å². The molecule has 1 unspecified atom stereocenters. The van der Waals surface area contributed by atoms with Crippen LogP contribution in [0.25, 0.3) is 10.6 Å². The Labute approximate surface area is 147 Å². The lowest BCUT2D eigenvalue weighted by molar-refractivity contribution is 0.281. The summed E-state index contributed by atoms with van der Waals surface area (Å²) in [6.07, 6.45) is 0.686. The number of hydrogen-bond donors (Lipinski definition) is 0. The lowest BCUT2D eigenvalue weighted by Gasteiger charge is -2.17. The molecule has 1 aromatic heterocycles. The fourth-order valence-electron chi connectivity index (χ4n) is 2.83. The normalized spacial score (nSPS) is 21.3. The molecule has 5 nitrogen and oxygen atoms in total. The van der Waals surface area contributed by atoms with Crippen LogP contribution in [-0.2, 0) is 16.4 Å². The SMILES string of the molecule is COc1ccccc1-c1nc(CN2CCC(C)S(=O)(=O)CC2)cs1. The highest BCUT2D eigenvalue weighted by Gasteiger charge is 2.26. The van der Waals surface area contributed by atoms with Crippen molar-refractivity contribution >= 4 is 21.2 Å². The molecule has 3 rings (SSSR count). The van der Waals surface area contributed by atoms with Crippen molar-refractivity contribution in [1.29, 1.82) is 0 Å². The first-order valence-electron chi connectivity index (χ1n) is 8.01. The van der Waals surface area contributed by atoms with Crippen LogP contribution < -0.4 is 4.74 Å². The molecular formula is C17H22N2O3S2. The zero-order valence-corrected chi connectivity index (χ0v) is 15.6. The molecule has 1 aromatic carbocycles. The lowest BCUT2D eigenvalue weighted by atomic mass is 10.2. The molecule has 7 heteroatoms. The van der Waals surface area contributed by atoms with Gasteiger partial charge in [0.05, 0.1) is 29.4 Å². The Bertz CT molecular complexity index is 802. The van der Waals surface area contributed by atoms with E-state index in [0.717, 1.165) is 28.6 Å². The van der Waals surface area contributed by atoms with E-state index in [2.05, 4.69) is 4.90 Å². The third-order valence-electron chi connectivity index (χ3n) is 4.43. The van der Waals surface area contributed by atoms with Gasteiger partial charge in [-0.15, -0.1) is 11.3 Å². The molecule has 1 saturated heterocycles. The smallest absolute Gasteiger partial charge is 0.154 e. The zero-order valence-electron chi connectivity index (χ0n) is 13.9. The van der Waals surface area contributed by atoms with E-state index in [1.54, 1.807) is 18.4 Å². The van der Waals surface area contributed by atoms with Gasteiger partial charge >= 0.3 is 0 Å². The summed E-state index contributed by atoms with van der Waals surface area (Å²) in [4.78, 5) is 6.90. The standard InChI is InChI=1S/C17H22N2O3S2/c1-13-7-8-19(9-10-24(13,20)21)11-14-12-23-17(18-14)15-5-3-4-6-16(15)22-2/h3-6,12-13H,7-11H2,1-2H3. The molecule has 24 heavy (non-hydrogen) atoms. The number of methoxy groups -OCH3 is 1. The first kappa shape index (κ1) is 17.4. The van der Waals surface area contributed by atoms with E-state index in [-0.39, 0.29) is 11.0 Å². The van der Waals surface area contributed by atoms with Gasteiger partial charge in [-0.1, -0.05) is 12.1 Å². The highest BCUT2D eigenvalue weighted by atomic mass is 32.2. The lowest BCUT2D eigenvalue weighted by Crippen LogP contribution is -2.26. The zero-order chi connectivity index (χ0) is 17.2. The molecule has 0 spiro atoms. The predicted octanol–water partition coefficient (Wildman–Crippen LogP) is 2.83. The maximum atomic E-state index is 12.0. The quantitative estimate of drug-likeness (QED) is 0.833. The molecule has 1 atom stereocenters. The van der Waals surface area contributed by atoms with E-state index in [1.165, 1.54) is 0 Å². The molecule has 0 bridgehead atoms. The first-order chi connectivity index (χ1) is 11.5. The van der Waals surface area contributed by atoms with Crippen molar-refractivity contribution in [3.63, 3.8) is 0 Å². The third kappa shape index (κ3) is 3.79. The average Bonchev–Trinajstić information content (AvgIpc) is 3.00. The van der Waals surface area contributed by atoms with Gasteiger partial charge in [-0.05, 0) is 32.0 Å². The molecule has 0 aliphatic carbocycles. The minimum Gasteiger partial charge on any atom is -0.496 e. The Morgan fingerprint density at radius 1 is 1.33 bits per heavy atom. The summed E-state index contributed by atoms with van der Waals surface area (Å²) in [5, 5.41) is 2.73. The van der Waals surface area contributed by atoms with Crippen molar-refractivity contribution < 1.29 is 13.2 Å². The fraction of sp³-hybridized carbons (Fsp3) is 0.471. The number of rotatable bonds is 4. The number of thiazole rings is 1. The van der Waals surface area contributed by atoms with Crippen molar-refractivity contribution in [1.82, 2.24) is 9.88 Å². The van der Waals surface area contributed by atoms with Gasteiger partial charge in [0.2, 0.25) is 0 Å². The number of nitrogens with zero attached hydrogens (tertiary/aromatic N) is 2. The van der Waals surface area contributed by atoms with Gasteiger partial charge < -0.3 is 4.74 Å². The van der Waals surface area contributed by atoms with Crippen LogP contribution in [0.2, 0.25) is 0 Å². The Balaban J connectivity index is 1.73. The van der Waals surface area contributed by atoms with Crippen molar-refractivity contribution in [2.24, 2.45) is 0 Å². The molecule has 2 heterocycles. The number of sulfone groups is 1. The molecule has 1 aliphatic heterocycles. The molecule has 0 saturated carbocycles. The largest absolute Gasteiger partial charge is 0.496 e. The highest BCUT2D eigenvalue weighted by Crippen LogP contribution is 2.32. The van der Waals surface area contributed by atoms with Crippen LogP contribution in [0.1, 0.15) is 19.0 Å². The van der Waals surface area contributed by atoms with Crippen molar-refractivity contribution in [3.8, 4) is 16.3 Å². The van der Waals surface area contributed by atoms with Gasteiger partial charge in [-0.25, -0.2) is 13.4 Å². The molecule has 1 fully saturated rings. The van der Waals surface area contributed by atoms with Gasteiger partial charge in [-0.3, -0.25) is 4.90 Å². The summed E-state index contributed by atoms with van der Waals surface area (Å²) in [5.74, 6) is 1.05. The number of hydrogen-bond acceptors (Lipinski definition) is 6. The van der Waals surface area contributed by atoms with Crippen molar-refractivity contribution in [2.45, 2.75) is 25.1 Å². The maximum Gasteiger partial charge on any atom is 0.154 e. The van der Waals surface area contributed by atoms with E-state index < -0.39 is 9.84 Å². The van der Waals surface area contributed by atoms with Crippen LogP contribution in [0.15, 0.2) is 29.6 Å². The summed E-state index contributed by atoms with van der Waals surface area (Å²) in [6, 6.07) is 7.84. The summed E-state index contributed by atoms with van der Waals surface area (Å²) in [6.45, 7) is 3.87. The van der Waals surface area contributed by atoms with Crippen LogP contribution in [0, 0.1) is 0 Å². The fourth-order valence-corrected chi connectivity index (χ4v) is 5.05. The average molecular weight is 367 g/mol. The Kier molecular flexibility index (Phi) is 5.22. The predicted molar refractivity (Wildman–Crippen MR) is 97.2 cm³/mol. The molecule has 0 N–H and O–H groups in total. The topological polar surface area (TPSA) is 59.5 Å². The first-order valence-corrected chi connectivity index (χ1v) is 10.6. The molecule has 0 amide bonds. The van der Waals surface area contributed by atoms with Crippen molar-refractivity contribution in [2.75, 3.05) is 26.0 Å². The van der Waals surface area contributed by atoms with Gasteiger partial charge in [0.15, 0.2) is 9.84 Å². The highest BCUT2D eigenvalue weighted by molar-refractivity contribution is 7.92. The second-order valence-corrected chi connectivity index (χ2v) is 9.48. The van der Waals surface area contributed by atoms with Crippen molar-refractivity contribution in [3.05, 3.63) is 35.3 Å². The summed E-state index contributed by atoms with van der Waals surface area (Å²) in [7, 11) is -1.29. The van der Waals surface area contributed by atoms with Crippen LogP contribution in [0.3, 0.4) is 0 Å². The summed E-state index contributed by atoms with van der Waals surface area (Å²) < 4.78 is 29.4. The molecule has 1 aliphatic rings. The maximum absolute atomic E-state index is 12.0. The van der Waals surface area contributed by atoms with Gasteiger partial charge in [0.1, 0.15) is 10.8 Å². The summed E-state index contributed by atoms with van der Waals surface area (Å²) in [5.41, 5.74) is 1.97. The van der Waals surface area contributed by atoms with Crippen LogP contribution in [-0.4, -0.2) is 49.5 Å². The van der Waals surface area contributed by atoms with Crippen LogP contribution in [0.4, 0.5) is 0 Å². The van der Waals surface area contributed by atoms with E-state index in [9.17, 15) is 8.42 Å². The second kappa shape index (κ2) is 7.21. The van der Waals surface area contributed by atoms with Gasteiger partial charge in [0.25, 0.3) is 0 Å².